The number of nitrogens with one attached hydrogen (secondary N) is 1. The third kappa shape index (κ3) is 3.74. The summed E-state index contributed by atoms with van der Waals surface area (Å²) in [6, 6.07) is 0. The molecular weight excluding hydrogens is 188 g/mol. The second-order valence-corrected chi connectivity index (χ2v) is 4.54. The summed E-state index contributed by atoms with van der Waals surface area (Å²) >= 11 is 0. The molecule has 3 heteroatoms. The van der Waals surface area contributed by atoms with E-state index in [1.165, 1.54) is 32.4 Å². The molecule has 0 aromatic rings. The van der Waals surface area contributed by atoms with E-state index in [4.69, 9.17) is 4.74 Å². The highest BCUT2D eigenvalue weighted by Gasteiger charge is 2.29. The molecule has 0 saturated carbocycles. The van der Waals surface area contributed by atoms with E-state index in [2.05, 4.69) is 24.1 Å². The standard InChI is InChI=1S/C12H26N2O/c1-4-12(5-2)11-14(9-10-15-3)8-6-7-13-12/h13H,4-11H2,1-3H3. The van der Waals surface area contributed by atoms with Crippen molar-refractivity contribution in [1.82, 2.24) is 10.2 Å². The summed E-state index contributed by atoms with van der Waals surface area (Å²) in [7, 11) is 1.78. The minimum Gasteiger partial charge on any atom is -0.383 e. The molecule has 0 amide bonds. The molecule has 3 nitrogen and oxygen atoms in total. The van der Waals surface area contributed by atoms with Crippen molar-refractivity contribution in [3.63, 3.8) is 0 Å². The van der Waals surface area contributed by atoms with Gasteiger partial charge in [-0.05, 0) is 32.4 Å². The van der Waals surface area contributed by atoms with Crippen LogP contribution in [-0.2, 0) is 4.74 Å². The van der Waals surface area contributed by atoms with E-state index in [1.807, 2.05) is 0 Å². The lowest BCUT2D eigenvalue weighted by Gasteiger charge is -2.35. The zero-order valence-corrected chi connectivity index (χ0v) is 10.5. The fourth-order valence-corrected chi connectivity index (χ4v) is 2.35. The SMILES string of the molecule is CCC1(CC)CN(CCOC)CCCN1. The maximum absolute atomic E-state index is 5.16. The summed E-state index contributed by atoms with van der Waals surface area (Å²) in [6.07, 6.45) is 3.69. The highest BCUT2D eigenvalue weighted by molar-refractivity contribution is 4.90. The van der Waals surface area contributed by atoms with E-state index in [0.717, 1.165) is 19.7 Å². The van der Waals surface area contributed by atoms with Gasteiger partial charge >= 0.3 is 0 Å². The van der Waals surface area contributed by atoms with Gasteiger partial charge in [0.2, 0.25) is 0 Å². The van der Waals surface area contributed by atoms with Crippen LogP contribution in [0.5, 0.6) is 0 Å². The van der Waals surface area contributed by atoms with Gasteiger partial charge in [-0.3, -0.25) is 4.90 Å². The van der Waals surface area contributed by atoms with Crippen LogP contribution >= 0.6 is 0 Å². The Bertz CT molecular complexity index is 169. The Morgan fingerprint density at radius 2 is 2.07 bits per heavy atom. The van der Waals surface area contributed by atoms with Crippen LogP contribution in [0.1, 0.15) is 33.1 Å². The fraction of sp³-hybridized carbons (Fsp3) is 1.00. The summed E-state index contributed by atoms with van der Waals surface area (Å²) in [5, 5.41) is 3.72. The number of ether oxygens (including phenoxy) is 1. The fourth-order valence-electron chi connectivity index (χ4n) is 2.35. The van der Waals surface area contributed by atoms with Gasteiger partial charge in [0.05, 0.1) is 6.61 Å². The van der Waals surface area contributed by atoms with Crippen LogP contribution in [0, 0.1) is 0 Å². The predicted molar refractivity (Wildman–Crippen MR) is 64.2 cm³/mol. The van der Waals surface area contributed by atoms with Crippen molar-refractivity contribution in [2.24, 2.45) is 0 Å². The molecule has 1 rings (SSSR count). The number of rotatable bonds is 5. The summed E-state index contributed by atoms with van der Waals surface area (Å²) in [6.45, 7) is 10.0. The quantitative estimate of drug-likeness (QED) is 0.750. The van der Waals surface area contributed by atoms with E-state index in [0.29, 0.717) is 5.54 Å². The first-order valence-corrected chi connectivity index (χ1v) is 6.22. The molecule has 1 N–H and O–H groups in total. The van der Waals surface area contributed by atoms with Gasteiger partial charge in [0, 0.05) is 25.7 Å². The van der Waals surface area contributed by atoms with Crippen molar-refractivity contribution in [1.29, 1.82) is 0 Å². The van der Waals surface area contributed by atoms with Crippen LogP contribution in [0.25, 0.3) is 0 Å². The van der Waals surface area contributed by atoms with Crippen LogP contribution in [0.3, 0.4) is 0 Å². The second kappa shape index (κ2) is 6.46. The Balaban J connectivity index is 2.51. The van der Waals surface area contributed by atoms with Crippen LogP contribution in [0.4, 0.5) is 0 Å². The van der Waals surface area contributed by atoms with E-state index in [1.54, 1.807) is 7.11 Å². The lowest BCUT2D eigenvalue weighted by atomic mass is 9.92. The van der Waals surface area contributed by atoms with Crippen molar-refractivity contribution >= 4 is 0 Å². The molecule has 0 atom stereocenters. The van der Waals surface area contributed by atoms with Crippen molar-refractivity contribution < 1.29 is 4.74 Å². The first-order valence-electron chi connectivity index (χ1n) is 6.22. The average molecular weight is 214 g/mol. The number of hydrogen-bond acceptors (Lipinski definition) is 3. The summed E-state index contributed by atoms with van der Waals surface area (Å²) < 4.78 is 5.16. The molecule has 0 bridgehead atoms. The van der Waals surface area contributed by atoms with E-state index in [-0.39, 0.29) is 0 Å². The zero-order chi connectivity index (χ0) is 11.1. The van der Waals surface area contributed by atoms with Crippen molar-refractivity contribution in [2.45, 2.75) is 38.6 Å². The van der Waals surface area contributed by atoms with Gasteiger partial charge in [0.25, 0.3) is 0 Å². The summed E-state index contributed by atoms with van der Waals surface area (Å²) in [4.78, 5) is 2.54. The molecule has 1 aliphatic heterocycles. The molecule has 1 saturated heterocycles. The minimum atomic E-state index is 0.338. The number of hydrogen-bond donors (Lipinski definition) is 1. The van der Waals surface area contributed by atoms with Gasteiger partial charge in [-0.2, -0.15) is 0 Å². The van der Waals surface area contributed by atoms with Gasteiger partial charge in [0.15, 0.2) is 0 Å². The third-order valence-electron chi connectivity index (χ3n) is 3.64. The molecule has 0 radical (unpaired) electrons. The largest absolute Gasteiger partial charge is 0.383 e. The highest BCUT2D eigenvalue weighted by atomic mass is 16.5. The molecule has 0 aromatic carbocycles. The third-order valence-corrected chi connectivity index (χ3v) is 3.64. The van der Waals surface area contributed by atoms with Crippen molar-refractivity contribution in [3.8, 4) is 0 Å². The Morgan fingerprint density at radius 1 is 1.33 bits per heavy atom. The van der Waals surface area contributed by atoms with Gasteiger partial charge in [-0.25, -0.2) is 0 Å². The van der Waals surface area contributed by atoms with Crippen molar-refractivity contribution in [2.75, 3.05) is 39.9 Å². The molecule has 0 unspecified atom stereocenters. The van der Waals surface area contributed by atoms with Crippen LogP contribution < -0.4 is 5.32 Å². The van der Waals surface area contributed by atoms with E-state index < -0.39 is 0 Å². The molecule has 1 heterocycles. The van der Waals surface area contributed by atoms with Gasteiger partial charge in [-0.15, -0.1) is 0 Å². The molecule has 90 valence electrons. The average Bonchev–Trinajstić information content (AvgIpc) is 2.49. The lowest BCUT2D eigenvalue weighted by Crippen LogP contribution is -2.51. The number of methoxy groups -OCH3 is 1. The van der Waals surface area contributed by atoms with Crippen LogP contribution in [-0.4, -0.2) is 50.3 Å². The molecular formula is C12H26N2O. The molecule has 0 aliphatic carbocycles. The molecule has 0 spiro atoms. The Hall–Kier alpha value is -0.120. The Labute approximate surface area is 94.2 Å². The van der Waals surface area contributed by atoms with E-state index in [9.17, 15) is 0 Å². The molecule has 1 aliphatic rings. The summed E-state index contributed by atoms with van der Waals surface area (Å²) in [5.41, 5.74) is 0.338. The maximum atomic E-state index is 5.16. The Kier molecular flexibility index (Phi) is 5.58. The zero-order valence-electron chi connectivity index (χ0n) is 10.5. The van der Waals surface area contributed by atoms with Crippen LogP contribution in [0.2, 0.25) is 0 Å². The van der Waals surface area contributed by atoms with Crippen LogP contribution in [0.15, 0.2) is 0 Å². The lowest BCUT2D eigenvalue weighted by molar-refractivity contribution is 0.129. The summed E-state index contributed by atoms with van der Waals surface area (Å²) in [5.74, 6) is 0. The van der Waals surface area contributed by atoms with Gasteiger partial charge in [-0.1, -0.05) is 13.8 Å². The molecule has 0 aromatic heterocycles. The molecule has 1 fully saturated rings. The first kappa shape index (κ1) is 12.9. The smallest absolute Gasteiger partial charge is 0.0589 e. The highest BCUT2D eigenvalue weighted by Crippen LogP contribution is 2.19. The van der Waals surface area contributed by atoms with Gasteiger partial charge in [0.1, 0.15) is 0 Å². The topological polar surface area (TPSA) is 24.5 Å². The van der Waals surface area contributed by atoms with Crippen molar-refractivity contribution in [3.05, 3.63) is 0 Å². The first-order chi connectivity index (χ1) is 7.26. The molecule has 15 heavy (non-hydrogen) atoms. The normalized spacial score (nSPS) is 22.6. The second-order valence-electron chi connectivity index (χ2n) is 4.54. The Morgan fingerprint density at radius 3 is 2.67 bits per heavy atom. The maximum Gasteiger partial charge on any atom is 0.0589 e. The number of nitrogens with zero attached hydrogens (tertiary/aromatic N) is 1. The minimum absolute atomic E-state index is 0.338. The predicted octanol–water partition coefficient (Wildman–Crippen LogP) is 1.49. The van der Waals surface area contributed by atoms with E-state index >= 15 is 0 Å². The van der Waals surface area contributed by atoms with Gasteiger partial charge < -0.3 is 10.1 Å². The monoisotopic (exact) mass is 214 g/mol.